The molecule has 2 heteroatoms. The summed E-state index contributed by atoms with van der Waals surface area (Å²) in [7, 11) is 0. The summed E-state index contributed by atoms with van der Waals surface area (Å²) in [5, 5.41) is 9.13. The molecule has 0 aliphatic heterocycles. The van der Waals surface area contributed by atoms with E-state index in [1.807, 2.05) is 6.07 Å². The van der Waals surface area contributed by atoms with Gasteiger partial charge in [0, 0.05) is 11.8 Å². The van der Waals surface area contributed by atoms with Crippen LogP contribution in [0, 0.1) is 0 Å². The zero-order valence-electron chi connectivity index (χ0n) is 6.96. The van der Waals surface area contributed by atoms with Gasteiger partial charge in [-0.05, 0) is 30.4 Å². The second kappa shape index (κ2) is 2.70. The van der Waals surface area contributed by atoms with E-state index in [0.29, 0.717) is 5.92 Å². The van der Waals surface area contributed by atoms with Crippen LogP contribution in [0.1, 0.15) is 30.7 Å². The Morgan fingerprint density at radius 2 is 2.08 bits per heavy atom. The van der Waals surface area contributed by atoms with Gasteiger partial charge in [-0.15, -0.1) is 0 Å². The largest absolute Gasteiger partial charge is 0.508 e. The monoisotopic (exact) mass is 163 g/mol. The van der Waals surface area contributed by atoms with Gasteiger partial charge in [0.2, 0.25) is 0 Å². The highest BCUT2D eigenvalue weighted by molar-refractivity contribution is 5.53. The van der Waals surface area contributed by atoms with Crippen LogP contribution in [0.3, 0.4) is 0 Å². The fourth-order valence-corrected chi connectivity index (χ4v) is 1.65. The summed E-state index contributed by atoms with van der Waals surface area (Å²) >= 11 is 0. The van der Waals surface area contributed by atoms with E-state index in [9.17, 15) is 0 Å². The van der Waals surface area contributed by atoms with E-state index in [4.69, 9.17) is 10.8 Å². The first kappa shape index (κ1) is 7.47. The molecule has 1 aromatic carbocycles. The van der Waals surface area contributed by atoms with Crippen molar-refractivity contribution in [3.8, 4) is 5.75 Å². The molecule has 0 radical (unpaired) electrons. The summed E-state index contributed by atoms with van der Waals surface area (Å²) in [5.41, 5.74) is 7.72. The van der Waals surface area contributed by atoms with Gasteiger partial charge in [-0.2, -0.15) is 0 Å². The molecule has 0 aromatic heterocycles. The molecule has 2 rings (SSSR count). The zero-order chi connectivity index (χ0) is 8.55. The van der Waals surface area contributed by atoms with Crippen LogP contribution in [0.4, 0.5) is 5.69 Å². The number of anilines is 1. The summed E-state index contributed by atoms with van der Waals surface area (Å²) in [6, 6.07) is 5.28. The lowest BCUT2D eigenvalue weighted by atomic mass is 9.79. The van der Waals surface area contributed by atoms with Crippen molar-refractivity contribution >= 4 is 5.69 Å². The molecule has 0 spiro atoms. The smallest absolute Gasteiger partial charge is 0.117 e. The molecule has 1 fully saturated rings. The fraction of sp³-hybridized carbons (Fsp3) is 0.400. The molecule has 0 amide bonds. The fourth-order valence-electron chi connectivity index (χ4n) is 1.65. The molecular weight excluding hydrogens is 150 g/mol. The van der Waals surface area contributed by atoms with E-state index in [2.05, 4.69) is 0 Å². The number of aromatic hydroxyl groups is 1. The quantitative estimate of drug-likeness (QED) is 0.624. The van der Waals surface area contributed by atoms with Crippen LogP contribution in [0.15, 0.2) is 18.2 Å². The lowest BCUT2D eigenvalue weighted by molar-refractivity contribution is 0.419. The van der Waals surface area contributed by atoms with Gasteiger partial charge in [0.1, 0.15) is 5.75 Å². The van der Waals surface area contributed by atoms with E-state index in [-0.39, 0.29) is 5.75 Å². The maximum absolute atomic E-state index is 9.13. The number of benzene rings is 1. The van der Waals surface area contributed by atoms with Crippen molar-refractivity contribution in [3.05, 3.63) is 23.8 Å². The van der Waals surface area contributed by atoms with Crippen LogP contribution < -0.4 is 5.73 Å². The Morgan fingerprint density at radius 1 is 1.33 bits per heavy atom. The van der Waals surface area contributed by atoms with Gasteiger partial charge < -0.3 is 10.8 Å². The second-order valence-corrected chi connectivity index (χ2v) is 3.44. The van der Waals surface area contributed by atoms with Crippen molar-refractivity contribution in [2.75, 3.05) is 5.73 Å². The lowest BCUT2D eigenvalue weighted by Crippen LogP contribution is -2.10. The van der Waals surface area contributed by atoms with Gasteiger partial charge in [-0.3, -0.25) is 0 Å². The van der Waals surface area contributed by atoms with Crippen molar-refractivity contribution in [3.63, 3.8) is 0 Å². The van der Waals surface area contributed by atoms with E-state index in [0.717, 1.165) is 5.69 Å². The van der Waals surface area contributed by atoms with Crippen LogP contribution >= 0.6 is 0 Å². The third kappa shape index (κ3) is 1.13. The van der Waals surface area contributed by atoms with Gasteiger partial charge in [0.05, 0.1) is 0 Å². The maximum Gasteiger partial charge on any atom is 0.117 e. The zero-order valence-corrected chi connectivity index (χ0v) is 6.96. The Morgan fingerprint density at radius 3 is 2.58 bits per heavy atom. The highest BCUT2D eigenvalue weighted by Gasteiger charge is 2.21. The lowest BCUT2D eigenvalue weighted by Gasteiger charge is -2.26. The van der Waals surface area contributed by atoms with Gasteiger partial charge in [0.25, 0.3) is 0 Å². The van der Waals surface area contributed by atoms with E-state index < -0.39 is 0 Å². The molecule has 1 aromatic rings. The Balaban J connectivity index is 2.31. The highest BCUT2D eigenvalue weighted by atomic mass is 16.3. The summed E-state index contributed by atoms with van der Waals surface area (Å²) < 4.78 is 0. The predicted molar refractivity (Wildman–Crippen MR) is 49.1 cm³/mol. The second-order valence-electron chi connectivity index (χ2n) is 3.44. The van der Waals surface area contributed by atoms with Crippen molar-refractivity contribution < 1.29 is 5.11 Å². The average Bonchev–Trinajstić information content (AvgIpc) is 1.91. The minimum Gasteiger partial charge on any atom is -0.508 e. The van der Waals surface area contributed by atoms with Crippen molar-refractivity contribution in [2.24, 2.45) is 0 Å². The predicted octanol–water partition coefficient (Wildman–Crippen LogP) is 2.24. The minimum atomic E-state index is 0.260. The van der Waals surface area contributed by atoms with Crippen LogP contribution in [0.5, 0.6) is 5.75 Å². The highest BCUT2D eigenvalue weighted by Crippen LogP contribution is 2.39. The van der Waals surface area contributed by atoms with Crippen molar-refractivity contribution in [2.45, 2.75) is 25.2 Å². The number of phenolic OH excluding ortho intramolecular Hbond substituents is 1. The van der Waals surface area contributed by atoms with Crippen molar-refractivity contribution in [1.82, 2.24) is 0 Å². The normalized spacial score (nSPS) is 17.3. The first-order chi connectivity index (χ1) is 5.77. The van der Waals surface area contributed by atoms with E-state index in [1.165, 1.54) is 24.8 Å². The average molecular weight is 163 g/mol. The van der Waals surface area contributed by atoms with Crippen LogP contribution in [-0.4, -0.2) is 5.11 Å². The molecule has 2 nitrogen and oxygen atoms in total. The number of hydrogen-bond donors (Lipinski definition) is 2. The number of hydrogen-bond acceptors (Lipinski definition) is 2. The van der Waals surface area contributed by atoms with Crippen LogP contribution in [0.25, 0.3) is 0 Å². The molecule has 0 bridgehead atoms. The molecule has 0 unspecified atom stereocenters. The summed E-state index contributed by atoms with van der Waals surface area (Å²) in [5.74, 6) is 0.904. The Labute approximate surface area is 72.0 Å². The van der Waals surface area contributed by atoms with Crippen LogP contribution in [-0.2, 0) is 0 Å². The first-order valence-electron chi connectivity index (χ1n) is 4.36. The molecule has 1 aliphatic rings. The third-order valence-electron chi connectivity index (χ3n) is 2.62. The van der Waals surface area contributed by atoms with Crippen molar-refractivity contribution in [1.29, 1.82) is 0 Å². The van der Waals surface area contributed by atoms with Gasteiger partial charge >= 0.3 is 0 Å². The molecule has 1 saturated carbocycles. The first-order valence-corrected chi connectivity index (χ1v) is 4.36. The molecule has 3 N–H and O–H groups in total. The Hall–Kier alpha value is -1.18. The van der Waals surface area contributed by atoms with Gasteiger partial charge in [0.15, 0.2) is 0 Å². The minimum absolute atomic E-state index is 0.260. The number of nitrogens with two attached hydrogens (primary N) is 1. The number of nitrogen functional groups attached to an aromatic ring is 1. The molecule has 0 atom stereocenters. The van der Waals surface area contributed by atoms with E-state index in [1.54, 1.807) is 12.1 Å². The van der Waals surface area contributed by atoms with Gasteiger partial charge in [-0.25, -0.2) is 0 Å². The standard InChI is InChI=1S/C10H13NO/c11-10-6-8(12)4-5-9(10)7-2-1-3-7/h4-7,12H,1-3,11H2. The van der Waals surface area contributed by atoms with E-state index >= 15 is 0 Å². The molecule has 0 heterocycles. The molecule has 0 saturated heterocycles. The summed E-state index contributed by atoms with van der Waals surface area (Å²) in [6.07, 6.45) is 3.80. The number of phenols is 1. The van der Waals surface area contributed by atoms with Gasteiger partial charge in [-0.1, -0.05) is 12.5 Å². The third-order valence-corrected chi connectivity index (χ3v) is 2.62. The molecule has 64 valence electrons. The molecular formula is C10H13NO. The topological polar surface area (TPSA) is 46.2 Å². The molecule has 1 aliphatic carbocycles. The van der Waals surface area contributed by atoms with Crippen LogP contribution in [0.2, 0.25) is 0 Å². The maximum atomic E-state index is 9.13. The Bertz CT molecular complexity index is 292. The summed E-state index contributed by atoms with van der Waals surface area (Å²) in [4.78, 5) is 0. The summed E-state index contributed by atoms with van der Waals surface area (Å²) in [6.45, 7) is 0. The Kier molecular flexibility index (Phi) is 1.68. The molecule has 12 heavy (non-hydrogen) atoms. The number of rotatable bonds is 1. The SMILES string of the molecule is Nc1cc(O)ccc1C1CCC1.